The lowest BCUT2D eigenvalue weighted by Crippen LogP contribution is -2.00. The van der Waals surface area contributed by atoms with Gasteiger partial charge < -0.3 is 9.72 Å². The van der Waals surface area contributed by atoms with Crippen LogP contribution in [0.4, 0.5) is 4.39 Å². The van der Waals surface area contributed by atoms with Gasteiger partial charge in [0.2, 0.25) is 0 Å². The fourth-order valence-electron chi connectivity index (χ4n) is 1.34. The van der Waals surface area contributed by atoms with Crippen LogP contribution in [0.5, 0.6) is 0 Å². The number of hydrogen-bond donors (Lipinski definition) is 1. The van der Waals surface area contributed by atoms with Crippen molar-refractivity contribution in [3.8, 4) is 0 Å². The molecule has 3 nitrogen and oxygen atoms in total. The number of ether oxygens (including phenoxy) is 1. The fourth-order valence-corrected chi connectivity index (χ4v) is 1.34. The van der Waals surface area contributed by atoms with Gasteiger partial charge in [0.25, 0.3) is 0 Å². The Morgan fingerprint density at radius 3 is 2.93 bits per heavy atom. The van der Waals surface area contributed by atoms with E-state index in [1.807, 2.05) is 0 Å². The average Bonchev–Trinajstić information content (AvgIpc) is 2.55. The summed E-state index contributed by atoms with van der Waals surface area (Å²) in [7, 11) is 1.31. The normalized spacial score (nSPS) is 10.4. The smallest absolute Gasteiger partial charge is 0.337 e. The lowest BCUT2D eigenvalue weighted by atomic mass is 10.1. The van der Waals surface area contributed by atoms with E-state index in [1.165, 1.54) is 13.2 Å². The third-order valence-corrected chi connectivity index (χ3v) is 2.01. The number of carbonyl (C=O) groups is 1. The molecule has 0 aliphatic heterocycles. The van der Waals surface area contributed by atoms with Crippen LogP contribution in [0, 0.1) is 5.95 Å². The highest BCUT2D eigenvalue weighted by Crippen LogP contribution is 2.16. The van der Waals surface area contributed by atoms with Gasteiger partial charge in [-0.05, 0) is 18.2 Å². The molecule has 14 heavy (non-hydrogen) atoms. The number of carbonyl (C=O) groups excluding carboxylic acids is 1. The van der Waals surface area contributed by atoms with E-state index in [2.05, 4.69) is 9.72 Å². The number of benzene rings is 1. The number of aromatic nitrogens is 1. The number of H-pyrrole nitrogens is 1. The summed E-state index contributed by atoms with van der Waals surface area (Å²) < 4.78 is 17.3. The molecule has 72 valence electrons. The second-order valence-electron chi connectivity index (χ2n) is 2.91. The Kier molecular flexibility index (Phi) is 1.96. The summed E-state index contributed by atoms with van der Waals surface area (Å²) in [6.07, 6.45) is 0. The molecule has 0 amide bonds. The second-order valence-corrected chi connectivity index (χ2v) is 2.91. The van der Waals surface area contributed by atoms with Gasteiger partial charge in [0, 0.05) is 17.0 Å². The molecule has 1 aromatic heterocycles. The zero-order valence-corrected chi connectivity index (χ0v) is 7.50. The number of rotatable bonds is 1. The van der Waals surface area contributed by atoms with Crippen molar-refractivity contribution >= 4 is 16.9 Å². The van der Waals surface area contributed by atoms with Crippen molar-refractivity contribution in [1.82, 2.24) is 4.98 Å². The maximum Gasteiger partial charge on any atom is 0.337 e. The highest BCUT2D eigenvalue weighted by Gasteiger charge is 2.07. The molecule has 1 aromatic carbocycles. The molecule has 0 atom stereocenters. The van der Waals surface area contributed by atoms with E-state index in [0.717, 1.165) is 0 Å². The molecule has 2 rings (SSSR count). The van der Waals surface area contributed by atoms with Crippen molar-refractivity contribution in [2.24, 2.45) is 0 Å². The molecule has 0 bridgehead atoms. The zero-order valence-electron chi connectivity index (χ0n) is 7.50. The molecule has 0 fully saturated rings. The van der Waals surface area contributed by atoms with Crippen LogP contribution in [0.15, 0.2) is 24.3 Å². The van der Waals surface area contributed by atoms with Gasteiger partial charge in [-0.3, -0.25) is 0 Å². The van der Waals surface area contributed by atoms with Gasteiger partial charge in [-0.2, -0.15) is 4.39 Å². The summed E-state index contributed by atoms with van der Waals surface area (Å²) in [5.41, 5.74) is 1.08. The Morgan fingerprint density at radius 1 is 1.43 bits per heavy atom. The first-order valence-corrected chi connectivity index (χ1v) is 4.07. The molecule has 2 aromatic rings. The predicted octanol–water partition coefficient (Wildman–Crippen LogP) is 2.09. The first-order chi connectivity index (χ1) is 6.70. The number of nitrogens with one attached hydrogen (secondary N) is 1. The summed E-state index contributed by atoms with van der Waals surface area (Å²) in [5, 5.41) is 0.658. The standard InChI is InChI=1S/C10H8FNO2/c1-14-10(13)6-2-3-8-7(4-6)5-9(11)12-8/h2-5,12H,1H3. The Morgan fingerprint density at radius 2 is 2.21 bits per heavy atom. The van der Waals surface area contributed by atoms with E-state index in [-0.39, 0.29) is 0 Å². The molecule has 0 aliphatic carbocycles. The van der Waals surface area contributed by atoms with Crippen LogP contribution in [0.3, 0.4) is 0 Å². The average molecular weight is 193 g/mol. The van der Waals surface area contributed by atoms with Crippen LogP contribution >= 0.6 is 0 Å². The molecule has 0 saturated carbocycles. The van der Waals surface area contributed by atoms with E-state index < -0.39 is 11.9 Å². The minimum Gasteiger partial charge on any atom is -0.465 e. The van der Waals surface area contributed by atoms with Gasteiger partial charge in [-0.25, -0.2) is 4.79 Å². The molecular formula is C10H8FNO2. The minimum atomic E-state index is -0.423. The Labute approximate surface area is 79.5 Å². The van der Waals surface area contributed by atoms with E-state index >= 15 is 0 Å². The van der Waals surface area contributed by atoms with Crippen LogP contribution in [0.25, 0.3) is 10.9 Å². The van der Waals surface area contributed by atoms with Gasteiger partial charge in [-0.15, -0.1) is 0 Å². The van der Waals surface area contributed by atoms with Crippen molar-refractivity contribution < 1.29 is 13.9 Å². The molecule has 0 aliphatic rings. The van der Waals surface area contributed by atoms with Crippen LogP contribution in [0.1, 0.15) is 10.4 Å². The van der Waals surface area contributed by atoms with E-state index in [4.69, 9.17) is 0 Å². The predicted molar refractivity (Wildman–Crippen MR) is 49.6 cm³/mol. The highest BCUT2D eigenvalue weighted by atomic mass is 19.1. The minimum absolute atomic E-state index is 0.415. The molecule has 0 spiro atoms. The van der Waals surface area contributed by atoms with Crippen molar-refractivity contribution in [3.05, 3.63) is 35.8 Å². The van der Waals surface area contributed by atoms with Crippen molar-refractivity contribution in [3.63, 3.8) is 0 Å². The molecular weight excluding hydrogens is 185 g/mol. The van der Waals surface area contributed by atoms with E-state index in [1.54, 1.807) is 18.2 Å². The maximum atomic E-state index is 12.8. The van der Waals surface area contributed by atoms with E-state index in [0.29, 0.717) is 16.5 Å². The van der Waals surface area contributed by atoms with Gasteiger partial charge in [0.15, 0.2) is 5.95 Å². The van der Waals surface area contributed by atoms with Gasteiger partial charge in [0.05, 0.1) is 12.7 Å². The summed E-state index contributed by atoms with van der Waals surface area (Å²) in [4.78, 5) is 13.7. The van der Waals surface area contributed by atoms with Crippen LogP contribution in [-0.2, 0) is 4.74 Å². The summed E-state index contributed by atoms with van der Waals surface area (Å²) in [6, 6.07) is 6.15. The van der Waals surface area contributed by atoms with Gasteiger partial charge >= 0.3 is 5.97 Å². The van der Waals surface area contributed by atoms with Crippen molar-refractivity contribution in [2.75, 3.05) is 7.11 Å². The van der Waals surface area contributed by atoms with Crippen LogP contribution in [-0.4, -0.2) is 18.1 Å². The monoisotopic (exact) mass is 193 g/mol. The third-order valence-electron chi connectivity index (χ3n) is 2.01. The first-order valence-electron chi connectivity index (χ1n) is 4.07. The second kappa shape index (κ2) is 3.14. The molecule has 0 radical (unpaired) electrons. The zero-order chi connectivity index (χ0) is 10.1. The number of esters is 1. The lowest BCUT2D eigenvalue weighted by Gasteiger charge is -1.97. The van der Waals surface area contributed by atoms with Crippen molar-refractivity contribution in [1.29, 1.82) is 0 Å². The molecule has 0 saturated heterocycles. The quantitative estimate of drug-likeness (QED) is 0.704. The Hall–Kier alpha value is -1.84. The number of hydrogen-bond acceptors (Lipinski definition) is 2. The number of aromatic amines is 1. The first kappa shape index (κ1) is 8.74. The topological polar surface area (TPSA) is 42.1 Å². The summed E-state index contributed by atoms with van der Waals surface area (Å²) in [5.74, 6) is -0.837. The van der Waals surface area contributed by atoms with Crippen LogP contribution < -0.4 is 0 Å². The van der Waals surface area contributed by atoms with Gasteiger partial charge in [-0.1, -0.05) is 0 Å². The molecule has 4 heteroatoms. The van der Waals surface area contributed by atoms with Crippen LogP contribution in [0.2, 0.25) is 0 Å². The highest BCUT2D eigenvalue weighted by molar-refractivity contribution is 5.94. The third kappa shape index (κ3) is 1.35. The largest absolute Gasteiger partial charge is 0.465 e. The summed E-state index contributed by atoms with van der Waals surface area (Å²) >= 11 is 0. The SMILES string of the molecule is COC(=O)c1ccc2[nH]c(F)cc2c1. The molecule has 1 heterocycles. The van der Waals surface area contributed by atoms with E-state index in [9.17, 15) is 9.18 Å². The lowest BCUT2D eigenvalue weighted by molar-refractivity contribution is 0.0601. The summed E-state index contributed by atoms with van der Waals surface area (Å²) in [6.45, 7) is 0. The maximum absolute atomic E-state index is 12.8. The Bertz CT molecular complexity index is 490. The number of fused-ring (bicyclic) bond motifs is 1. The fraction of sp³-hybridized carbons (Fsp3) is 0.100. The Balaban J connectivity index is 2.55. The number of methoxy groups -OCH3 is 1. The van der Waals surface area contributed by atoms with Crippen molar-refractivity contribution in [2.45, 2.75) is 0 Å². The molecule has 0 unspecified atom stereocenters. The molecule has 1 N–H and O–H groups in total. The van der Waals surface area contributed by atoms with Gasteiger partial charge in [0.1, 0.15) is 0 Å². The number of halogens is 1.